The first-order valence-corrected chi connectivity index (χ1v) is 4.52. The topological polar surface area (TPSA) is 15.3 Å². The summed E-state index contributed by atoms with van der Waals surface area (Å²) in [5.74, 6) is 0.499. The molecule has 4 heteroatoms. The summed E-state index contributed by atoms with van der Waals surface area (Å²) in [7, 11) is 1.95. The summed E-state index contributed by atoms with van der Waals surface area (Å²) in [6.45, 7) is 2.04. The number of nitrogens with zero attached hydrogens (tertiary/aromatic N) is 1. The number of hydrogen-bond donors (Lipinski definition) is 1. The van der Waals surface area contributed by atoms with Crippen molar-refractivity contribution in [3.8, 4) is 0 Å². The van der Waals surface area contributed by atoms with Gasteiger partial charge in [0.1, 0.15) is 5.50 Å². The molecule has 0 bridgehead atoms. The van der Waals surface area contributed by atoms with Crippen LogP contribution in [0.4, 0.5) is 0 Å². The van der Waals surface area contributed by atoms with Gasteiger partial charge in [0.15, 0.2) is 0 Å². The van der Waals surface area contributed by atoms with Crippen molar-refractivity contribution in [2.24, 2.45) is 0 Å². The fourth-order valence-electron chi connectivity index (χ4n) is 1.04. The molecule has 0 fully saturated rings. The Labute approximate surface area is 77.1 Å². The van der Waals surface area contributed by atoms with Crippen molar-refractivity contribution in [1.82, 2.24) is 10.2 Å². The number of alkyl halides is 2. The summed E-state index contributed by atoms with van der Waals surface area (Å²) in [6, 6.07) is 0.272. The van der Waals surface area contributed by atoms with E-state index in [9.17, 15) is 0 Å². The number of likely N-dealkylation sites (N-methyl/N-ethyl adjacent to an activating group) is 1. The van der Waals surface area contributed by atoms with Crippen LogP contribution in [0.5, 0.6) is 0 Å². The van der Waals surface area contributed by atoms with Crippen LogP contribution in [-0.2, 0) is 0 Å². The van der Waals surface area contributed by atoms with E-state index < -0.39 is 0 Å². The van der Waals surface area contributed by atoms with E-state index in [2.05, 4.69) is 5.32 Å². The molecular weight excluding hydrogens is 183 g/mol. The molecule has 1 aliphatic heterocycles. The zero-order chi connectivity index (χ0) is 8.43. The minimum Gasteiger partial charge on any atom is -0.384 e. The van der Waals surface area contributed by atoms with Crippen molar-refractivity contribution in [2.45, 2.75) is 18.5 Å². The van der Waals surface area contributed by atoms with Crippen LogP contribution in [-0.4, -0.2) is 29.4 Å². The third-order valence-electron chi connectivity index (χ3n) is 1.89. The van der Waals surface area contributed by atoms with Crippen LogP contribution >= 0.6 is 23.2 Å². The number of rotatable bonds is 1. The Kier molecular flexibility index (Phi) is 2.90. The van der Waals surface area contributed by atoms with Crippen molar-refractivity contribution in [1.29, 1.82) is 0 Å². The zero-order valence-electron chi connectivity index (χ0n) is 6.64. The monoisotopic (exact) mass is 194 g/mol. The maximum Gasteiger partial charge on any atom is 0.123 e. The molecule has 2 nitrogen and oxygen atoms in total. The van der Waals surface area contributed by atoms with Gasteiger partial charge in [-0.25, -0.2) is 0 Å². The molecule has 11 heavy (non-hydrogen) atoms. The van der Waals surface area contributed by atoms with Crippen molar-refractivity contribution in [3.63, 3.8) is 0 Å². The molecule has 0 aromatic carbocycles. The maximum atomic E-state index is 6.06. The maximum absolute atomic E-state index is 6.06. The molecule has 1 rings (SSSR count). The number of halogens is 2. The average molecular weight is 195 g/mol. The largest absolute Gasteiger partial charge is 0.384 e. The highest BCUT2D eigenvalue weighted by molar-refractivity contribution is 6.21. The smallest absolute Gasteiger partial charge is 0.123 e. The summed E-state index contributed by atoms with van der Waals surface area (Å²) in [6.07, 6.45) is 1.91. The molecule has 0 aromatic heterocycles. The van der Waals surface area contributed by atoms with Crippen LogP contribution in [0.1, 0.15) is 6.92 Å². The van der Waals surface area contributed by atoms with Crippen molar-refractivity contribution >= 4 is 23.2 Å². The molecule has 0 saturated carbocycles. The van der Waals surface area contributed by atoms with Gasteiger partial charge in [0.25, 0.3) is 0 Å². The van der Waals surface area contributed by atoms with Gasteiger partial charge in [-0.2, -0.15) is 0 Å². The molecule has 0 amide bonds. The Morgan fingerprint density at radius 2 is 2.36 bits per heavy atom. The van der Waals surface area contributed by atoms with Gasteiger partial charge in [0.2, 0.25) is 0 Å². The lowest BCUT2D eigenvalue weighted by molar-refractivity contribution is 0.309. The van der Waals surface area contributed by atoms with Crippen molar-refractivity contribution < 1.29 is 0 Å². The average Bonchev–Trinajstić information content (AvgIpc) is 2.01. The lowest BCUT2D eigenvalue weighted by atomic mass is 10.2. The summed E-state index contributed by atoms with van der Waals surface area (Å²) in [5, 5.41) is 3.14. The zero-order valence-corrected chi connectivity index (χ0v) is 8.15. The van der Waals surface area contributed by atoms with Gasteiger partial charge < -0.3 is 10.2 Å². The molecule has 1 heterocycles. The normalized spacial score (nSPS) is 31.3. The predicted molar refractivity (Wildman–Crippen MR) is 48.8 cm³/mol. The summed E-state index contributed by atoms with van der Waals surface area (Å²) < 4.78 is 0. The van der Waals surface area contributed by atoms with Crippen LogP contribution in [0.25, 0.3) is 0 Å². The van der Waals surface area contributed by atoms with Crippen LogP contribution in [0.2, 0.25) is 0 Å². The first-order valence-electron chi connectivity index (χ1n) is 3.54. The van der Waals surface area contributed by atoms with Crippen LogP contribution < -0.4 is 5.32 Å². The van der Waals surface area contributed by atoms with E-state index in [1.165, 1.54) is 0 Å². The second-order valence-electron chi connectivity index (χ2n) is 2.71. The molecule has 64 valence electrons. The highest BCUT2D eigenvalue weighted by Crippen LogP contribution is 2.18. The second kappa shape index (κ2) is 3.55. The quantitative estimate of drug-likeness (QED) is 0.504. The SMILES string of the molecule is CC1NC=C(CCl)N(C)C1Cl. The number of allylic oxidation sites excluding steroid dienone is 1. The van der Waals surface area contributed by atoms with Crippen LogP contribution in [0.3, 0.4) is 0 Å². The van der Waals surface area contributed by atoms with E-state index in [0.29, 0.717) is 5.88 Å². The minimum atomic E-state index is -0.00579. The molecule has 1 N–H and O–H groups in total. The summed E-state index contributed by atoms with van der Waals surface area (Å²) in [4.78, 5) is 1.98. The van der Waals surface area contributed by atoms with E-state index in [1.54, 1.807) is 0 Å². The fourth-order valence-corrected chi connectivity index (χ4v) is 1.50. The number of nitrogens with one attached hydrogen (secondary N) is 1. The molecule has 0 radical (unpaired) electrons. The third kappa shape index (κ3) is 1.74. The standard InChI is InChI=1S/C7H12Cl2N2/c1-5-7(9)11(2)6(3-8)4-10-5/h4-5,7,10H,3H2,1-2H3. The van der Waals surface area contributed by atoms with E-state index in [-0.39, 0.29) is 11.5 Å². The Hall–Kier alpha value is -0.0800. The van der Waals surface area contributed by atoms with Gasteiger partial charge in [-0.1, -0.05) is 11.6 Å². The second-order valence-corrected chi connectivity index (χ2v) is 3.42. The fraction of sp³-hybridized carbons (Fsp3) is 0.714. The highest BCUT2D eigenvalue weighted by Gasteiger charge is 2.23. The predicted octanol–water partition coefficient (Wildman–Crippen LogP) is 1.55. The summed E-state index contributed by atoms with van der Waals surface area (Å²) in [5.41, 5.74) is 1.03. The molecule has 0 spiro atoms. The molecule has 0 aromatic rings. The lowest BCUT2D eigenvalue weighted by Crippen LogP contribution is -2.46. The molecule has 0 saturated heterocycles. The van der Waals surface area contributed by atoms with Crippen molar-refractivity contribution in [3.05, 3.63) is 11.9 Å². The Morgan fingerprint density at radius 1 is 1.73 bits per heavy atom. The van der Waals surface area contributed by atoms with Crippen molar-refractivity contribution in [2.75, 3.05) is 12.9 Å². The molecule has 2 atom stereocenters. The Morgan fingerprint density at radius 3 is 2.91 bits per heavy atom. The lowest BCUT2D eigenvalue weighted by Gasteiger charge is -2.35. The molecule has 0 aliphatic carbocycles. The third-order valence-corrected chi connectivity index (χ3v) is 2.83. The van der Waals surface area contributed by atoms with E-state index in [1.807, 2.05) is 25.1 Å². The molecule has 1 aliphatic rings. The first kappa shape index (κ1) is 9.01. The molecule has 2 unspecified atom stereocenters. The Bertz CT molecular complexity index is 170. The van der Waals surface area contributed by atoms with Crippen LogP contribution in [0.15, 0.2) is 11.9 Å². The van der Waals surface area contributed by atoms with E-state index >= 15 is 0 Å². The van der Waals surface area contributed by atoms with Gasteiger partial charge in [-0.15, -0.1) is 11.6 Å². The van der Waals surface area contributed by atoms with Crippen LogP contribution in [0, 0.1) is 0 Å². The van der Waals surface area contributed by atoms with Gasteiger partial charge in [0.05, 0.1) is 11.9 Å². The summed E-state index contributed by atoms with van der Waals surface area (Å²) >= 11 is 11.7. The minimum absolute atomic E-state index is 0.00579. The van der Waals surface area contributed by atoms with Gasteiger partial charge in [0, 0.05) is 18.9 Å². The van der Waals surface area contributed by atoms with Gasteiger partial charge >= 0.3 is 0 Å². The van der Waals surface area contributed by atoms with Gasteiger partial charge in [-0.05, 0) is 6.92 Å². The number of hydrogen-bond acceptors (Lipinski definition) is 2. The molecular formula is C7H12Cl2N2. The van der Waals surface area contributed by atoms with E-state index in [0.717, 1.165) is 5.70 Å². The van der Waals surface area contributed by atoms with E-state index in [4.69, 9.17) is 23.2 Å². The Balaban J connectivity index is 2.70. The van der Waals surface area contributed by atoms with Gasteiger partial charge in [-0.3, -0.25) is 0 Å². The highest BCUT2D eigenvalue weighted by atomic mass is 35.5. The first-order chi connectivity index (χ1) is 5.16.